The van der Waals surface area contributed by atoms with Crippen molar-refractivity contribution in [1.82, 2.24) is 9.55 Å². The van der Waals surface area contributed by atoms with Crippen LogP contribution in [-0.2, 0) is 24.2 Å². The molecule has 3 aromatic rings. The highest BCUT2D eigenvalue weighted by Gasteiger charge is 2.16. The molecule has 3 rings (SSSR count). The van der Waals surface area contributed by atoms with Crippen LogP contribution in [0.1, 0.15) is 31.7 Å². The van der Waals surface area contributed by atoms with Crippen LogP contribution < -0.4 is 11.3 Å². The number of fused-ring (bicyclic) bond motifs is 1. The Bertz CT molecular complexity index is 971. The molecule has 5 nitrogen and oxygen atoms in total. The van der Waals surface area contributed by atoms with Crippen LogP contribution in [0.25, 0.3) is 21.3 Å². The number of hydrogen-bond acceptors (Lipinski definition) is 4. The number of primary amides is 1. The molecule has 6 heteroatoms. The molecule has 2 N–H and O–H groups in total. The van der Waals surface area contributed by atoms with Gasteiger partial charge in [0.15, 0.2) is 0 Å². The van der Waals surface area contributed by atoms with Gasteiger partial charge in [0.2, 0.25) is 5.91 Å². The molecule has 0 aliphatic carbocycles. The fraction of sp³-hybridized carbons (Fsp3) is 0.316. The van der Waals surface area contributed by atoms with Gasteiger partial charge in [-0.05, 0) is 17.5 Å². The van der Waals surface area contributed by atoms with Gasteiger partial charge < -0.3 is 5.73 Å². The summed E-state index contributed by atoms with van der Waals surface area (Å²) in [6.45, 7) is 4.33. The second kappa shape index (κ2) is 7.19. The minimum absolute atomic E-state index is 0.0982. The molecule has 1 aromatic carbocycles. The molecule has 130 valence electrons. The molecule has 0 saturated heterocycles. The van der Waals surface area contributed by atoms with Crippen LogP contribution in [0.4, 0.5) is 0 Å². The molecular weight excluding hydrogens is 334 g/mol. The molecule has 0 fully saturated rings. The van der Waals surface area contributed by atoms with Gasteiger partial charge in [-0.25, -0.2) is 4.98 Å². The van der Waals surface area contributed by atoms with Crippen molar-refractivity contribution in [2.24, 2.45) is 5.73 Å². The van der Waals surface area contributed by atoms with E-state index in [0.29, 0.717) is 17.6 Å². The summed E-state index contributed by atoms with van der Waals surface area (Å²) in [6.07, 6.45) is 1.74. The molecule has 0 aliphatic rings. The predicted molar refractivity (Wildman–Crippen MR) is 102 cm³/mol. The van der Waals surface area contributed by atoms with Gasteiger partial charge in [-0.2, -0.15) is 0 Å². The second-order valence-electron chi connectivity index (χ2n) is 5.93. The van der Waals surface area contributed by atoms with E-state index in [4.69, 9.17) is 5.73 Å². The van der Waals surface area contributed by atoms with Crippen molar-refractivity contribution in [1.29, 1.82) is 0 Å². The number of hydrogen-bond donors (Lipinski definition) is 1. The Morgan fingerprint density at radius 3 is 2.52 bits per heavy atom. The topological polar surface area (TPSA) is 78.0 Å². The quantitative estimate of drug-likeness (QED) is 0.738. The van der Waals surface area contributed by atoms with Crippen LogP contribution in [-0.4, -0.2) is 15.5 Å². The second-order valence-corrected chi connectivity index (χ2v) is 6.79. The molecule has 0 atom stereocenters. The zero-order chi connectivity index (χ0) is 18.0. The fourth-order valence-electron chi connectivity index (χ4n) is 2.92. The zero-order valence-corrected chi connectivity index (χ0v) is 15.2. The number of rotatable bonds is 6. The number of benzene rings is 1. The fourth-order valence-corrected chi connectivity index (χ4v) is 3.88. The Hall–Kier alpha value is -2.47. The minimum atomic E-state index is -0.422. The lowest BCUT2D eigenvalue weighted by Gasteiger charge is -2.11. The normalized spacial score (nSPS) is 11.1. The van der Waals surface area contributed by atoms with Crippen molar-refractivity contribution in [3.8, 4) is 11.1 Å². The average Bonchev–Trinajstić information content (AvgIpc) is 3.04. The minimum Gasteiger partial charge on any atom is -0.370 e. The highest BCUT2D eigenvalue weighted by atomic mass is 32.1. The van der Waals surface area contributed by atoms with Crippen molar-refractivity contribution in [3.05, 3.63) is 51.4 Å². The van der Waals surface area contributed by atoms with Crippen molar-refractivity contribution in [2.75, 3.05) is 0 Å². The third-order valence-electron chi connectivity index (χ3n) is 4.34. The summed E-state index contributed by atoms with van der Waals surface area (Å²) in [6, 6.07) is 8.25. The van der Waals surface area contributed by atoms with Crippen molar-refractivity contribution in [2.45, 2.75) is 39.7 Å². The van der Waals surface area contributed by atoms with Gasteiger partial charge in [0.1, 0.15) is 10.7 Å². The van der Waals surface area contributed by atoms with E-state index in [9.17, 15) is 9.59 Å². The van der Waals surface area contributed by atoms with Crippen LogP contribution >= 0.6 is 11.3 Å². The Morgan fingerprint density at radius 1 is 1.20 bits per heavy atom. The van der Waals surface area contributed by atoms with E-state index in [1.54, 1.807) is 4.57 Å². The van der Waals surface area contributed by atoms with Crippen LogP contribution in [0.5, 0.6) is 0 Å². The SMILES string of the molecule is CCc1ccc(-c2csc3nc(CC)n(CCC(N)=O)c(=O)c23)cc1. The van der Waals surface area contributed by atoms with Crippen molar-refractivity contribution >= 4 is 27.5 Å². The van der Waals surface area contributed by atoms with E-state index in [-0.39, 0.29) is 18.5 Å². The van der Waals surface area contributed by atoms with Crippen LogP contribution in [0.3, 0.4) is 0 Å². The standard InChI is InChI=1S/C19H21N3O2S/c1-3-12-5-7-13(8-6-12)14-11-25-18-17(14)19(24)22(10-9-15(20)23)16(4-2)21-18/h5-8,11H,3-4,9-10H2,1-2H3,(H2,20,23). The van der Waals surface area contributed by atoms with Gasteiger partial charge >= 0.3 is 0 Å². The average molecular weight is 355 g/mol. The summed E-state index contributed by atoms with van der Waals surface area (Å²) in [5, 5.41) is 2.61. The molecule has 0 saturated carbocycles. The van der Waals surface area contributed by atoms with Gasteiger partial charge in [-0.1, -0.05) is 38.1 Å². The molecule has 0 radical (unpaired) electrons. The Balaban J connectivity index is 2.16. The van der Waals surface area contributed by atoms with Crippen LogP contribution in [0, 0.1) is 0 Å². The summed E-state index contributed by atoms with van der Waals surface area (Å²) in [4.78, 5) is 29.6. The summed E-state index contributed by atoms with van der Waals surface area (Å²) in [5.74, 6) is 0.267. The van der Waals surface area contributed by atoms with Gasteiger partial charge in [0, 0.05) is 30.3 Å². The molecule has 2 heterocycles. The number of nitrogens with zero attached hydrogens (tertiary/aromatic N) is 2. The first-order chi connectivity index (χ1) is 12.0. The number of aromatic nitrogens is 2. The summed E-state index contributed by atoms with van der Waals surface area (Å²) in [5.41, 5.74) is 8.32. The first kappa shape index (κ1) is 17.4. The molecule has 25 heavy (non-hydrogen) atoms. The Labute approximate surface area is 150 Å². The number of amides is 1. The number of aryl methyl sites for hydroxylation is 2. The number of carbonyl (C=O) groups is 1. The lowest BCUT2D eigenvalue weighted by Crippen LogP contribution is -2.27. The van der Waals surface area contributed by atoms with E-state index in [1.165, 1.54) is 16.9 Å². The van der Waals surface area contributed by atoms with Crippen molar-refractivity contribution in [3.63, 3.8) is 0 Å². The maximum atomic E-state index is 13.1. The highest BCUT2D eigenvalue weighted by Crippen LogP contribution is 2.31. The summed E-state index contributed by atoms with van der Waals surface area (Å²) >= 11 is 1.48. The molecule has 0 spiro atoms. The smallest absolute Gasteiger partial charge is 0.262 e. The maximum absolute atomic E-state index is 13.1. The third kappa shape index (κ3) is 3.35. The molecule has 1 amide bonds. The van der Waals surface area contributed by atoms with E-state index in [0.717, 1.165) is 22.4 Å². The zero-order valence-electron chi connectivity index (χ0n) is 14.4. The lowest BCUT2D eigenvalue weighted by molar-refractivity contribution is -0.118. The first-order valence-corrected chi connectivity index (χ1v) is 9.31. The molecule has 0 bridgehead atoms. The number of nitrogens with two attached hydrogens (primary N) is 1. The largest absolute Gasteiger partial charge is 0.370 e. The third-order valence-corrected chi connectivity index (χ3v) is 5.22. The molecule has 2 aromatic heterocycles. The molecular formula is C19H21N3O2S. The van der Waals surface area contributed by atoms with Gasteiger partial charge in [0.25, 0.3) is 5.56 Å². The lowest BCUT2D eigenvalue weighted by atomic mass is 10.0. The molecule has 0 unspecified atom stereocenters. The molecule has 0 aliphatic heterocycles. The Kier molecular flexibility index (Phi) is 4.99. The van der Waals surface area contributed by atoms with Gasteiger partial charge in [-0.3, -0.25) is 14.2 Å². The number of carbonyl (C=O) groups excluding carboxylic acids is 1. The van der Waals surface area contributed by atoms with Gasteiger partial charge in [-0.15, -0.1) is 11.3 Å². The maximum Gasteiger partial charge on any atom is 0.262 e. The van der Waals surface area contributed by atoms with E-state index in [2.05, 4.69) is 24.0 Å². The first-order valence-electron chi connectivity index (χ1n) is 8.43. The summed E-state index contributed by atoms with van der Waals surface area (Å²) in [7, 11) is 0. The van der Waals surface area contributed by atoms with E-state index >= 15 is 0 Å². The van der Waals surface area contributed by atoms with Gasteiger partial charge in [0.05, 0.1) is 5.39 Å². The predicted octanol–water partition coefficient (Wildman–Crippen LogP) is 3.13. The highest BCUT2D eigenvalue weighted by molar-refractivity contribution is 7.17. The van der Waals surface area contributed by atoms with E-state index < -0.39 is 5.91 Å². The van der Waals surface area contributed by atoms with E-state index in [1.807, 2.05) is 24.4 Å². The van der Waals surface area contributed by atoms with Crippen molar-refractivity contribution < 1.29 is 4.79 Å². The summed E-state index contributed by atoms with van der Waals surface area (Å²) < 4.78 is 1.59. The van der Waals surface area contributed by atoms with Crippen LogP contribution in [0.15, 0.2) is 34.4 Å². The monoisotopic (exact) mass is 355 g/mol. The Morgan fingerprint density at radius 2 is 1.92 bits per heavy atom. The number of thiophene rings is 1. The van der Waals surface area contributed by atoms with Crippen LogP contribution in [0.2, 0.25) is 0 Å².